The predicted octanol–water partition coefficient (Wildman–Crippen LogP) is 6.31. The van der Waals surface area contributed by atoms with Gasteiger partial charge >= 0.3 is 5.97 Å². The molecule has 2 atom stereocenters. The molecule has 2 amide bonds. The standard InChI is InChI=1S/C33H37ClN2O4/c1-21(2)16-29-27-11-10-24(34)18-28(27)30(26-9-5-7-23-6-3-4-8-25(23)26)19-36(33(29)40)20-31(37)35-14-12-22(13-15-35)17-32(38)39/h3-11,18,21-22,29-30H,12-17,19-20H2,1-2H3,(H,38,39). The predicted molar refractivity (Wildman–Crippen MR) is 158 cm³/mol. The largest absolute Gasteiger partial charge is 0.481 e. The molecule has 3 aromatic rings. The van der Waals surface area contributed by atoms with Gasteiger partial charge in [-0.25, -0.2) is 0 Å². The van der Waals surface area contributed by atoms with Crippen LogP contribution in [0.1, 0.15) is 68.1 Å². The Morgan fingerprint density at radius 2 is 1.70 bits per heavy atom. The lowest BCUT2D eigenvalue weighted by Gasteiger charge is -2.34. The van der Waals surface area contributed by atoms with Gasteiger partial charge in [0.1, 0.15) is 0 Å². The molecule has 1 fully saturated rings. The monoisotopic (exact) mass is 560 g/mol. The van der Waals surface area contributed by atoms with Gasteiger partial charge in [-0.1, -0.05) is 74.0 Å². The number of carbonyl (C=O) groups excluding carboxylic acids is 2. The number of fused-ring (bicyclic) bond motifs is 2. The van der Waals surface area contributed by atoms with Crippen molar-refractivity contribution >= 4 is 40.2 Å². The Hall–Kier alpha value is -3.38. The van der Waals surface area contributed by atoms with Crippen molar-refractivity contribution in [3.05, 3.63) is 82.4 Å². The van der Waals surface area contributed by atoms with E-state index < -0.39 is 5.97 Å². The minimum atomic E-state index is -0.796. The Morgan fingerprint density at radius 3 is 2.42 bits per heavy atom. The second kappa shape index (κ2) is 12.0. The number of carboxylic acid groups (broad SMARTS) is 1. The minimum absolute atomic E-state index is 0.0139. The number of rotatable bonds is 7. The summed E-state index contributed by atoms with van der Waals surface area (Å²) < 4.78 is 0. The first kappa shape index (κ1) is 28.2. The zero-order chi connectivity index (χ0) is 28.4. The summed E-state index contributed by atoms with van der Waals surface area (Å²) in [4.78, 5) is 42.5. The van der Waals surface area contributed by atoms with E-state index in [0.717, 1.165) is 27.5 Å². The van der Waals surface area contributed by atoms with Crippen LogP contribution in [0.5, 0.6) is 0 Å². The van der Waals surface area contributed by atoms with Gasteiger partial charge in [0.2, 0.25) is 11.8 Å². The summed E-state index contributed by atoms with van der Waals surface area (Å²) >= 11 is 6.56. The van der Waals surface area contributed by atoms with Gasteiger partial charge in [-0.05, 0) is 70.7 Å². The molecule has 1 saturated heterocycles. The molecule has 0 bridgehead atoms. The fraction of sp³-hybridized carbons (Fsp3) is 0.424. The summed E-state index contributed by atoms with van der Waals surface area (Å²) in [6.45, 7) is 5.68. The molecule has 1 N–H and O–H groups in total. The lowest BCUT2D eigenvalue weighted by molar-refractivity contribution is -0.143. The first-order valence-corrected chi connectivity index (χ1v) is 14.6. The van der Waals surface area contributed by atoms with Crippen LogP contribution in [0.25, 0.3) is 10.8 Å². The quantitative estimate of drug-likeness (QED) is 0.367. The molecule has 0 spiro atoms. The Kier molecular flexibility index (Phi) is 8.46. The van der Waals surface area contributed by atoms with E-state index in [1.54, 1.807) is 9.80 Å². The molecule has 0 radical (unpaired) electrons. The number of piperidine rings is 1. The number of benzene rings is 3. The Labute approximate surface area is 240 Å². The van der Waals surface area contributed by atoms with Crippen LogP contribution < -0.4 is 0 Å². The van der Waals surface area contributed by atoms with E-state index in [4.69, 9.17) is 16.7 Å². The zero-order valence-electron chi connectivity index (χ0n) is 23.2. The highest BCUT2D eigenvalue weighted by atomic mass is 35.5. The molecule has 2 unspecified atom stereocenters. The molecule has 0 saturated carbocycles. The summed E-state index contributed by atoms with van der Waals surface area (Å²) in [6, 6.07) is 20.4. The molecular formula is C33H37ClN2O4. The maximum absolute atomic E-state index is 14.2. The van der Waals surface area contributed by atoms with Crippen molar-refractivity contribution in [2.45, 2.75) is 51.4 Å². The van der Waals surface area contributed by atoms with Crippen LogP contribution in [0.15, 0.2) is 60.7 Å². The van der Waals surface area contributed by atoms with E-state index in [1.165, 1.54) is 0 Å². The van der Waals surface area contributed by atoms with E-state index in [1.807, 2.05) is 30.3 Å². The van der Waals surface area contributed by atoms with E-state index in [2.05, 4.69) is 44.2 Å². The molecule has 2 aliphatic heterocycles. The third kappa shape index (κ3) is 6.02. The fourth-order valence-corrected chi connectivity index (χ4v) is 6.67. The van der Waals surface area contributed by atoms with Crippen LogP contribution in [0.4, 0.5) is 0 Å². The lowest BCUT2D eigenvalue weighted by atomic mass is 9.81. The molecule has 7 heteroatoms. The number of nitrogens with zero attached hydrogens (tertiary/aromatic N) is 2. The highest BCUT2D eigenvalue weighted by Crippen LogP contribution is 2.42. The average molecular weight is 561 g/mol. The van der Waals surface area contributed by atoms with Crippen LogP contribution >= 0.6 is 11.6 Å². The Balaban J connectivity index is 1.51. The molecule has 40 heavy (non-hydrogen) atoms. The van der Waals surface area contributed by atoms with Crippen LogP contribution in [-0.2, 0) is 14.4 Å². The molecule has 2 heterocycles. The molecule has 0 aliphatic carbocycles. The summed E-state index contributed by atoms with van der Waals surface area (Å²) in [5.41, 5.74) is 3.16. The number of halogens is 1. The van der Waals surface area contributed by atoms with Crippen LogP contribution in [0, 0.1) is 11.8 Å². The van der Waals surface area contributed by atoms with Gasteiger partial charge < -0.3 is 14.9 Å². The maximum Gasteiger partial charge on any atom is 0.303 e. The second-order valence-electron chi connectivity index (χ2n) is 11.7. The zero-order valence-corrected chi connectivity index (χ0v) is 23.9. The smallest absolute Gasteiger partial charge is 0.303 e. The van der Waals surface area contributed by atoms with Crippen LogP contribution in [0.3, 0.4) is 0 Å². The number of amides is 2. The van der Waals surface area contributed by atoms with Crippen molar-refractivity contribution in [3.63, 3.8) is 0 Å². The third-order valence-corrected chi connectivity index (χ3v) is 8.71. The van der Waals surface area contributed by atoms with Crippen molar-refractivity contribution in [3.8, 4) is 0 Å². The molecule has 210 valence electrons. The van der Waals surface area contributed by atoms with Gasteiger partial charge in [0.05, 0.1) is 12.5 Å². The Bertz CT molecular complexity index is 1410. The van der Waals surface area contributed by atoms with E-state index in [-0.39, 0.29) is 48.5 Å². The average Bonchev–Trinajstić information content (AvgIpc) is 3.03. The van der Waals surface area contributed by atoms with Gasteiger partial charge in [-0.3, -0.25) is 14.4 Å². The number of likely N-dealkylation sites (tertiary alicyclic amines) is 1. The Morgan fingerprint density at radius 1 is 0.975 bits per heavy atom. The van der Waals surface area contributed by atoms with Gasteiger partial charge in [-0.15, -0.1) is 0 Å². The highest BCUT2D eigenvalue weighted by Gasteiger charge is 2.38. The first-order chi connectivity index (χ1) is 19.2. The van der Waals surface area contributed by atoms with Crippen molar-refractivity contribution in [1.82, 2.24) is 9.80 Å². The van der Waals surface area contributed by atoms with E-state index >= 15 is 0 Å². The number of aliphatic carboxylic acids is 1. The van der Waals surface area contributed by atoms with Crippen LogP contribution in [0.2, 0.25) is 5.02 Å². The summed E-state index contributed by atoms with van der Waals surface area (Å²) in [6.07, 6.45) is 2.16. The molecule has 0 aromatic heterocycles. The van der Waals surface area contributed by atoms with Gasteiger partial charge in [0.25, 0.3) is 0 Å². The minimum Gasteiger partial charge on any atom is -0.481 e. The number of carbonyl (C=O) groups is 3. The first-order valence-electron chi connectivity index (χ1n) is 14.3. The van der Waals surface area contributed by atoms with Gasteiger partial charge in [0.15, 0.2) is 0 Å². The summed E-state index contributed by atoms with van der Waals surface area (Å²) in [7, 11) is 0. The summed E-state index contributed by atoms with van der Waals surface area (Å²) in [5.74, 6) is -1.02. The number of hydrogen-bond donors (Lipinski definition) is 1. The van der Waals surface area contributed by atoms with Crippen molar-refractivity contribution in [1.29, 1.82) is 0 Å². The molecule has 3 aromatic carbocycles. The van der Waals surface area contributed by atoms with Crippen LogP contribution in [-0.4, -0.2) is 58.9 Å². The molecule has 6 nitrogen and oxygen atoms in total. The SMILES string of the molecule is CC(C)CC1C(=O)N(CC(=O)N2CCC(CC(=O)O)CC2)CC(c2cccc3ccccc23)c2cc(Cl)ccc21. The van der Waals surface area contributed by atoms with Crippen molar-refractivity contribution < 1.29 is 19.5 Å². The summed E-state index contributed by atoms with van der Waals surface area (Å²) in [5, 5.41) is 12.0. The topological polar surface area (TPSA) is 77.9 Å². The second-order valence-corrected chi connectivity index (χ2v) is 12.2. The molecular weight excluding hydrogens is 524 g/mol. The van der Waals surface area contributed by atoms with Crippen molar-refractivity contribution in [2.75, 3.05) is 26.2 Å². The fourth-order valence-electron chi connectivity index (χ4n) is 6.49. The third-order valence-electron chi connectivity index (χ3n) is 8.47. The van der Waals surface area contributed by atoms with Crippen molar-refractivity contribution in [2.24, 2.45) is 11.8 Å². The number of carboxylic acids is 1. The van der Waals surface area contributed by atoms with E-state index in [9.17, 15) is 14.4 Å². The molecule has 5 rings (SSSR count). The van der Waals surface area contributed by atoms with E-state index in [0.29, 0.717) is 43.9 Å². The number of hydrogen-bond acceptors (Lipinski definition) is 3. The molecule has 2 aliphatic rings. The van der Waals surface area contributed by atoms with Gasteiger partial charge in [-0.2, -0.15) is 0 Å². The maximum atomic E-state index is 14.2. The van der Waals surface area contributed by atoms with Gasteiger partial charge in [0, 0.05) is 37.0 Å². The normalized spacial score (nSPS) is 20.1. The highest BCUT2D eigenvalue weighted by molar-refractivity contribution is 6.30. The lowest BCUT2D eigenvalue weighted by Crippen LogP contribution is -2.47.